The summed E-state index contributed by atoms with van der Waals surface area (Å²) in [6.45, 7) is 0. The van der Waals surface area contributed by atoms with Crippen molar-refractivity contribution in [3.8, 4) is 0 Å². The van der Waals surface area contributed by atoms with E-state index >= 15 is 0 Å². The van der Waals surface area contributed by atoms with E-state index in [2.05, 4.69) is 9.47 Å². The fraction of sp³-hybridized carbons (Fsp3) is 0.200. The van der Waals surface area contributed by atoms with Crippen molar-refractivity contribution in [1.82, 2.24) is 0 Å². The number of ether oxygens (including phenoxy) is 2. The van der Waals surface area contributed by atoms with Gasteiger partial charge in [0.25, 0.3) is 0 Å². The second-order valence-electron chi connectivity index (χ2n) is 2.44. The van der Waals surface area contributed by atoms with E-state index in [0.717, 1.165) is 0 Å². The SMILES string of the molecule is [O-]C1C=CC=CO1.[O-]C1C=CC=CO1.[Zn+2]. The molecule has 2 heterocycles. The van der Waals surface area contributed by atoms with Crippen LogP contribution in [0.3, 0.4) is 0 Å². The Morgan fingerprint density at radius 2 is 1.13 bits per heavy atom. The van der Waals surface area contributed by atoms with Gasteiger partial charge >= 0.3 is 19.5 Å². The van der Waals surface area contributed by atoms with Crippen molar-refractivity contribution in [2.24, 2.45) is 0 Å². The molecule has 0 fully saturated rings. The van der Waals surface area contributed by atoms with Crippen LogP contribution in [-0.4, -0.2) is 12.6 Å². The van der Waals surface area contributed by atoms with Gasteiger partial charge in [-0.2, -0.15) is 0 Å². The molecular formula is C10H10O4Zn. The molecule has 5 heteroatoms. The maximum absolute atomic E-state index is 10.2. The molecule has 2 atom stereocenters. The summed E-state index contributed by atoms with van der Waals surface area (Å²) in [7, 11) is 0. The molecule has 0 saturated carbocycles. The average Bonchev–Trinajstić information content (AvgIpc) is 2.21. The van der Waals surface area contributed by atoms with Crippen LogP contribution in [0.25, 0.3) is 0 Å². The molecule has 76 valence electrons. The van der Waals surface area contributed by atoms with Gasteiger partial charge in [-0.25, -0.2) is 0 Å². The topological polar surface area (TPSA) is 64.6 Å². The molecular weight excluding hydrogens is 249 g/mol. The minimum absolute atomic E-state index is 0. The average molecular weight is 260 g/mol. The Kier molecular flexibility index (Phi) is 7.91. The third-order valence-electron chi connectivity index (χ3n) is 1.34. The molecule has 2 aliphatic rings. The van der Waals surface area contributed by atoms with E-state index in [0.29, 0.717) is 0 Å². The second kappa shape index (κ2) is 8.41. The molecule has 15 heavy (non-hydrogen) atoms. The molecule has 2 rings (SSSR count). The van der Waals surface area contributed by atoms with Crippen LogP contribution in [0.4, 0.5) is 0 Å². The smallest absolute Gasteiger partial charge is 0.818 e. The van der Waals surface area contributed by atoms with E-state index in [-0.39, 0.29) is 19.5 Å². The Morgan fingerprint density at radius 1 is 0.733 bits per heavy atom. The fourth-order valence-corrected chi connectivity index (χ4v) is 0.737. The summed E-state index contributed by atoms with van der Waals surface area (Å²) in [5.41, 5.74) is 0. The molecule has 2 unspecified atom stereocenters. The summed E-state index contributed by atoms with van der Waals surface area (Å²) in [6, 6.07) is 0. The third-order valence-corrected chi connectivity index (χ3v) is 1.34. The minimum atomic E-state index is -0.981. The largest absolute Gasteiger partial charge is 2.00 e. The summed E-state index contributed by atoms with van der Waals surface area (Å²) < 4.78 is 8.91. The Morgan fingerprint density at radius 3 is 1.27 bits per heavy atom. The van der Waals surface area contributed by atoms with Crippen LogP contribution in [0.2, 0.25) is 0 Å². The summed E-state index contributed by atoms with van der Waals surface area (Å²) >= 11 is 0. The Balaban J connectivity index is 0.000000245. The van der Waals surface area contributed by atoms with Gasteiger partial charge in [-0.15, -0.1) is 0 Å². The van der Waals surface area contributed by atoms with E-state index in [1.54, 1.807) is 24.3 Å². The van der Waals surface area contributed by atoms with Crippen molar-refractivity contribution in [3.05, 3.63) is 49.0 Å². The maximum Gasteiger partial charge on any atom is 2.00 e. The van der Waals surface area contributed by atoms with Crippen molar-refractivity contribution < 1.29 is 39.2 Å². The minimum Gasteiger partial charge on any atom is -0.818 e. The van der Waals surface area contributed by atoms with Crippen LogP contribution in [0.1, 0.15) is 0 Å². The van der Waals surface area contributed by atoms with Crippen molar-refractivity contribution in [1.29, 1.82) is 0 Å². The van der Waals surface area contributed by atoms with Gasteiger partial charge in [-0.1, -0.05) is 24.3 Å². The number of hydrogen-bond donors (Lipinski definition) is 0. The molecule has 0 saturated heterocycles. The van der Waals surface area contributed by atoms with Gasteiger partial charge in [0.15, 0.2) is 0 Å². The predicted octanol–water partition coefficient (Wildman–Crippen LogP) is -0.457. The van der Waals surface area contributed by atoms with Crippen LogP contribution < -0.4 is 10.2 Å². The monoisotopic (exact) mass is 258 g/mol. The zero-order valence-electron chi connectivity index (χ0n) is 8.11. The second-order valence-corrected chi connectivity index (χ2v) is 2.44. The molecule has 0 aromatic heterocycles. The van der Waals surface area contributed by atoms with Gasteiger partial charge in [-0.05, 0) is 12.2 Å². The Hall–Kier alpha value is -0.897. The zero-order valence-corrected chi connectivity index (χ0v) is 11.1. The van der Waals surface area contributed by atoms with Crippen LogP contribution in [0.5, 0.6) is 0 Å². The maximum atomic E-state index is 10.2. The molecule has 4 nitrogen and oxygen atoms in total. The molecule has 0 aromatic carbocycles. The van der Waals surface area contributed by atoms with Crippen molar-refractivity contribution in [2.75, 3.05) is 0 Å². The Labute approximate surface area is 101 Å². The van der Waals surface area contributed by atoms with Gasteiger partial charge in [-0.3, -0.25) is 0 Å². The van der Waals surface area contributed by atoms with Gasteiger partial charge in [0.2, 0.25) is 0 Å². The molecule has 0 aliphatic carbocycles. The van der Waals surface area contributed by atoms with Crippen LogP contribution in [-0.2, 0) is 29.0 Å². The number of hydrogen-bond acceptors (Lipinski definition) is 4. The van der Waals surface area contributed by atoms with E-state index in [9.17, 15) is 10.2 Å². The van der Waals surface area contributed by atoms with Crippen LogP contribution >= 0.6 is 0 Å². The molecule has 2 aliphatic heterocycles. The quantitative estimate of drug-likeness (QED) is 0.553. The van der Waals surface area contributed by atoms with Crippen molar-refractivity contribution >= 4 is 0 Å². The number of rotatable bonds is 0. The summed E-state index contributed by atoms with van der Waals surface area (Å²) in [5.74, 6) is 0. The summed E-state index contributed by atoms with van der Waals surface area (Å²) in [4.78, 5) is 0. The first-order valence-electron chi connectivity index (χ1n) is 4.08. The first-order valence-corrected chi connectivity index (χ1v) is 4.08. The first kappa shape index (κ1) is 14.1. The molecule has 0 bridgehead atoms. The first-order chi connectivity index (χ1) is 6.79. The molecule has 0 N–H and O–H groups in total. The third kappa shape index (κ3) is 7.08. The molecule has 0 aromatic rings. The predicted molar refractivity (Wildman–Crippen MR) is 46.3 cm³/mol. The Bertz CT molecular complexity index is 243. The van der Waals surface area contributed by atoms with Gasteiger partial charge in [0, 0.05) is 12.6 Å². The van der Waals surface area contributed by atoms with E-state index < -0.39 is 12.6 Å². The zero-order chi connectivity index (χ0) is 10.2. The van der Waals surface area contributed by atoms with E-state index in [4.69, 9.17) is 0 Å². The summed E-state index contributed by atoms with van der Waals surface area (Å²) in [5, 5.41) is 20.4. The molecule has 0 amide bonds. The molecule has 0 radical (unpaired) electrons. The van der Waals surface area contributed by atoms with Crippen molar-refractivity contribution in [2.45, 2.75) is 12.6 Å². The van der Waals surface area contributed by atoms with E-state index in [1.807, 2.05) is 0 Å². The van der Waals surface area contributed by atoms with E-state index in [1.165, 1.54) is 24.7 Å². The standard InChI is InChI=1S/2C5H5O2.Zn/c2*6-5-3-1-2-4-7-5;/h2*1-5H;/q2*-1;+2. The van der Waals surface area contributed by atoms with Gasteiger partial charge < -0.3 is 19.7 Å². The van der Waals surface area contributed by atoms with Gasteiger partial charge in [0.1, 0.15) is 0 Å². The van der Waals surface area contributed by atoms with Crippen LogP contribution in [0, 0.1) is 0 Å². The summed E-state index contributed by atoms with van der Waals surface area (Å²) in [6.07, 6.45) is 10.4. The number of allylic oxidation sites excluding steroid dienone is 4. The normalized spacial score (nSPS) is 25.5. The molecule has 0 spiro atoms. The van der Waals surface area contributed by atoms with Crippen LogP contribution in [0.15, 0.2) is 49.0 Å². The fourth-order valence-electron chi connectivity index (χ4n) is 0.737. The van der Waals surface area contributed by atoms with Crippen molar-refractivity contribution in [3.63, 3.8) is 0 Å². The van der Waals surface area contributed by atoms with Gasteiger partial charge in [0.05, 0.1) is 12.5 Å².